The molecule has 0 bridgehead atoms. The molecule has 0 aliphatic heterocycles. The van der Waals surface area contributed by atoms with E-state index < -0.39 is 0 Å². The lowest BCUT2D eigenvalue weighted by molar-refractivity contribution is 0.157. The summed E-state index contributed by atoms with van der Waals surface area (Å²) in [5.74, 6) is 1.90. The maximum atomic E-state index is 2.66. The number of unbranched alkanes of at least 4 members (excludes halogenated alkanes) is 7. The highest BCUT2D eigenvalue weighted by Crippen LogP contribution is 2.40. The average molecular weight is 280 g/mol. The third-order valence-electron chi connectivity index (χ3n) is 5.30. The van der Waals surface area contributed by atoms with Gasteiger partial charge < -0.3 is 0 Å². The van der Waals surface area contributed by atoms with Crippen LogP contribution in [0.5, 0.6) is 0 Å². The van der Waals surface area contributed by atoms with Crippen molar-refractivity contribution in [2.24, 2.45) is 17.3 Å². The number of rotatable bonds is 9. The molecule has 0 N–H and O–H groups in total. The summed E-state index contributed by atoms with van der Waals surface area (Å²) in [7, 11) is 0. The predicted octanol–water partition coefficient (Wildman–Crippen LogP) is 7.18. The molecule has 119 valence electrons. The van der Waals surface area contributed by atoms with Gasteiger partial charge in [0.15, 0.2) is 0 Å². The summed E-state index contributed by atoms with van der Waals surface area (Å²) in [5.41, 5.74) is 0.531. The Morgan fingerprint density at radius 2 is 1.35 bits per heavy atom. The van der Waals surface area contributed by atoms with Crippen molar-refractivity contribution in [3.8, 4) is 0 Å². The lowest BCUT2D eigenvalue weighted by Gasteiger charge is -2.37. The van der Waals surface area contributed by atoms with E-state index in [9.17, 15) is 0 Å². The largest absolute Gasteiger partial charge is 0.0654 e. The second-order valence-corrected chi connectivity index (χ2v) is 8.12. The SMILES string of the molecule is CCCCCCCCC[CH]C1CCC(C(C)(C)C)CC1. The van der Waals surface area contributed by atoms with E-state index in [1.54, 1.807) is 0 Å². The van der Waals surface area contributed by atoms with Crippen LogP contribution in [0, 0.1) is 23.7 Å². The van der Waals surface area contributed by atoms with Gasteiger partial charge in [0.25, 0.3) is 0 Å². The zero-order chi connectivity index (χ0) is 14.8. The van der Waals surface area contributed by atoms with E-state index in [1.165, 1.54) is 77.0 Å². The fraction of sp³-hybridized carbons (Fsp3) is 0.950. The van der Waals surface area contributed by atoms with Crippen LogP contribution in [0.15, 0.2) is 0 Å². The standard InChI is InChI=1S/C20H39/c1-5-6-7-8-9-10-11-12-13-18-14-16-19(17-15-18)20(2,3)4/h13,18-19H,5-12,14-17H2,1-4H3. The molecule has 0 nitrogen and oxygen atoms in total. The van der Waals surface area contributed by atoms with Crippen LogP contribution in [0.3, 0.4) is 0 Å². The van der Waals surface area contributed by atoms with E-state index >= 15 is 0 Å². The van der Waals surface area contributed by atoms with Gasteiger partial charge in [-0.25, -0.2) is 0 Å². The lowest BCUT2D eigenvalue weighted by Crippen LogP contribution is -2.25. The topological polar surface area (TPSA) is 0 Å². The van der Waals surface area contributed by atoms with Crippen LogP contribution in [-0.2, 0) is 0 Å². The van der Waals surface area contributed by atoms with Crippen LogP contribution in [-0.4, -0.2) is 0 Å². The second kappa shape index (κ2) is 9.85. The zero-order valence-electron chi connectivity index (χ0n) is 14.7. The first-order valence-electron chi connectivity index (χ1n) is 9.37. The molecule has 1 fully saturated rings. The fourth-order valence-electron chi connectivity index (χ4n) is 3.68. The molecule has 20 heavy (non-hydrogen) atoms. The summed E-state index contributed by atoms with van der Waals surface area (Å²) in [6.45, 7) is 9.55. The summed E-state index contributed by atoms with van der Waals surface area (Å²) in [4.78, 5) is 0. The van der Waals surface area contributed by atoms with Gasteiger partial charge in [0.05, 0.1) is 0 Å². The minimum Gasteiger partial charge on any atom is -0.0654 e. The summed E-state index contributed by atoms with van der Waals surface area (Å²) >= 11 is 0. The molecule has 1 aliphatic carbocycles. The molecule has 0 aromatic heterocycles. The first-order chi connectivity index (χ1) is 9.54. The van der Waals surface area contributed by atoms with Crippen LogP contribution >= 0.6 is 0 Å². The minimum absolute atomic E-state index is 0.531. The van der Waals surface area contributed by atoms with E-state index in [0.29, 0.717) is 5.41 Å². The molecule has 0 saturated heterocycles. The van der Waals surface area contributed by atoms with E-state index in [-0.39, 0.29) is 0 Å². The highest BCUT2D eigenvalue weighted by molar-refractivity contribution is 4.86. The van der Waals surface area contributed by atoms with Crippen molar-refractivity contribution in [3.05, 3.63) is 6.42 Å². The minimum atomic E-state index is 0.531. The van der Waals surface area contributed by atoms with Crippen molar-refractivity contribution in [1.82, 2.24) is 0 Å². The van der Waals surface area contributed by atoms with Crippen molar-refractivity contribution < 1.29 is 0 Å². The van der Waals surface area contributed by atoms with Gasteiger partial charge in [0, 0.05) is 0 Å². The first-order valence-corrected chi connectivity index (χ1v) is 9.37. The highest BCUT2D eigenvalue weighted by atomic mass is 14.3. The maximum Gasteiger partial charge on any atom is -0.0354 e. The van der Waals surface area contributed by atoms with Crippen molar-refractivity contribution in [1.29, 1.82) is 0 Å². The third kappa shape index (κ3) is 7.70. The van der Waals surface area contributed by atoms with Gasteiger partial charge in [-0.1, -0.05) is 72.6 Å². The van der Waals surface area contributed by atoms with Crippen molar-refractivity contribution >= 4 is 0 Å². The number of hydrogen-bond donors (Lipinski definition) is 0. The van der Waals surface area contributed by atoms with Crippen LogP contribution in [0.2, 0.25) is 0 Å². The molecule has 0 amide bonds. The second-order valence-electron chi connectivity index (χ2n) is 8.12. The van der Waals surface area contributed by atoms with E-state index in [2.05, 4.69) is 34.1 Å². The predicted molar refractivity (Wildman–Crippen MR) is 91.8 cm³/mol. The molecule has 0 aromatic rings. The van der Waals surface area contributed by atoms with E-state index in [1.807, 2.05) is 0 Å². The fourth-order valence-corrected chi connectivity index (χ4v) is 3.68. The zero-order valence-corrected chi connectivity index (χ0v) is 14.7. The van der Waals surface area contributed by atoms with Gasteiger partial charge in [-0.15, -0.1) is 0 Å². The van der Waals surface area contributed by atoms with Gasteiger partial charge in [-0.2, -0.15) is 0 Å². The summed E-state index contributed by atoms with van der Waals surface area (Å²) in [6.07, 6.45) is 19.9. The van der Waals surface area contributed by atoms with Gasteiger partial charge in [0.1, 0.15) is 0 Å². The molecule has 1 rings (SSSR count). The third-order valence-corrected chi connectivity index (χ3v) is 5.30. The van der Waals surface area contributed by atoms with Crippen molar-refractivity contribution in [2.75, 3.05) is 0 Å². The van der Waals surface area contributed by atoms with Gasteiger partial charge in [-0.3, -0.25) is 0 Å². The van der Waals surface area contributed by atoms with Gasteiger partial charge >= 0.3 is 0 Å². The molecule has 0 heterocycles. The van der Waals surface area contributed by atoms with Gasteiger partial charge in [-0.05, 0) is 55.8 Å². The average Bonchev–Trinajstić information content (AvgIpc) is 2.41. The molecule has 0 aromatic carbocycles. The molecule has 1 radical (unpaired) electrons. The van der Waals surface area contributed by atoms with Gasteiger partial charge in [0.2, 0.25) is 0 Å². The monoisotopic (exact) mass is 279 g/mol. The Balaban J connectivity index is 1.94. The molecule has 0 spiro atoms. The molecule has 1 aliphatic rings. The van der Waals surface area contributed by atoms with Crippen molar-refractivity contribution in [2.45, 2.75) is 105 Å². The molecule has 0 heteroatoms. The maximum absolute atomic E-state index is 2.66. The normalized spacial score (nSPS) is 24.0. The summed E-state index contributed by atoms with van der Waals surface area (Å²) in [5, 5.41) is 0. The molecular formula is C20H39. The van der Waals surface area contributed by atoms with Crippen LogP contribution in [0.4, 0.5) is 0 Å². The summed E-state index contributed by atoms with van der Waals surface area (Å²) in [6, 6.07) is 0. The number of hydrogen-bond acceptors (Lipinski definition) is 0. The van der Waals surface area contributed by atoms with E-state index in [4.69, 9.17) is 0 Å². The molecular weight excluding hydrogens is 240 g/mol. The Labute approximate surface area is 129 Å². The Bertz CT molecular complexity index is 215. The summed E-state index contributed by atoms with van der Waals surface area (Å²) < 4.78 is 0. The van der Waals surface area contributed by atoms with Crippen molar-refractivity contribution in [3.63, 3.8) is 0 Å². The van der Waals surface area contributed by atoms with Crippen LogP contribution < -0.4 is 0 Å². The molecule has 1 saturated carbocycles. The first kappa shape index (κ1) is 18.1. The smallest absolute Gasteiger partial charge is 0.0354 e. The van der Waals surface area contributed by atoms with Crippen LogP contribution in [0.25, 0.3) is 0 Å². The quantitative estimate of drug-likeness (QED) is 0.392. The highest BCUT2D eigenvalue weighted by Gasteiger charge is 2.29. The molecule has 0 unspecified atom stereocenters. The Morgan fingerprint density at radius 1 is 0.800 bits per heavy atom. The Kier molecular flexibility index (Phi) is 8.89. The van der Waals surface area contributed by atoms with Crippen LogP contribution in [0.1, 0.15) is 105 Å². The lowest BCUT2D eigenvalue weighted by atomic mass is 9.69. The van der Waals surface area contributed by atoms with E-state index in [0.717, 1.165) is 11.8 Å². The molecule has 0 atom stereocenters. The Hall–Kier alpha value is 0. The Morgan fingerprint density at radius 3 is 1.90 bits per heavy atom.